The molecule has 1 aromatic rings. The molecule has 0 amide bonds. The van der Waals surface area contributed by atoms with Gasteiger partial charge < -0.3 is 20.7 Å². The fourth-order valence-electron chi connectivity index (χ4n) is 1.60. The molecule has 1 aromatic carbocycles. The quantitative estimate of drug-likeness (QED) is 0.657. The first kappa shape index (κ1) is 14.8. The summed E-state index contributed by atoms with van der Waals surface area (Å²) in [5.41, 5.74) is 6.55. The second-order valence-corrected chi connectivity index (χ2v) is 4.60. The molecule has 0 heterocycles. The average molecular weight is 251 g/mol. The Morgan fingerprint density at radius 3 is 2.83 bits per heavy atom. The van der Waals surface area contributed by atoms with E-state index in [1.165, 1.54) is 0 Å². The van der Waals surface area contributed by atoms with Gasteiger partial charge in [0.15, 0.2) is 0 Å². The molecule has 0 atom stereocenters. The number of nitrogens with two attached hydrogens (primary N) is 1. The van der Waals surface area contributed by atoms with Crippen molar-refractivity contribution in [2.24, 2.45) is 5.73 Å². The van der Waals surface area contributed by atoms with E-state index in [2.05, 4.69) is 24.3 Å². The van der Waals surface area contributed by atoms with Crippen LogP contribution in [-0.4, -0.2) is 45.2 Å². The average Bonchev–Trinajstić information content (AvgIpc) is 2.35. The molecule has 0 aliphatic heterocycles. The summed E-state index contributed by atoms with van der Waals surface area (Å²) in [6.07, 6.45) is 2.02. The molecule has 0 bridgehead atoms. The molecule has 0 saturated carbocycles. The molecule has 3 N–H and O–H groups in total. The van der Waals surface area contributed by atoms with Gasteiger partial charge in [-0.2, -0.15) is 0 Å². The maximum atomic E-state index is 5.71. The molecule has 0 aromatic heterocycles. The predicted octanol–water partition coefficient (Wildman–Crippen LogP) is 1.78. The topological polar surface area (TPSA) is 50.5 Å². The molecule has 0 aliphatic carbocycles. The van der Waals surface area contributed by atoms with E-state index in [1.54, 1.807) is 0 Å². The molecule has 102 valence electrons. The van der Waals surface area contributed by atoms with E-state index in [0.717, 1.165) is 44.0 Å². The van der Waals surface area contributed by atoms with Crippen molar-refractivity contribution in [3.8, 4) is 5.75 Å². The van der Waals surface area contributed by atoms with E-state index in [4.69, 9.17) is 10.5 Å². The van der Waals surface area contributed by atoms with Crippen LogP contribution in [0.4, 0.5) is 5.69 Å². The summed E-state index contributed by atoms with van der Waals surface area (Å²) in [5, 5.41) is 3.33. The lowest BCUT2D eigenvalue weighted by atomic mass is 10.3. The maximum Gasteiger partial charge on any atom is 0.121 e. The zero-order valence-corrected chi connectivity index (χ0v) is 11.5. The number of nitrogens with one attached hydrogen (secondary N) is 1. The van der Waals surface area contributed by atoms with Crippen LogP contribution in [0.3, 0.4) is 0 Å². The lowest BCUT2D eigenvalue weighted by Gasteiger charge is -2.11. The van der Waals surface area contributed by atoms with Gasteiger partial charge in [0.1, 0.15) is 5.75 Å². The minimum atomic E-state index is 0.716. The van der Waals surface area contributed by atoms with Crippen molar-refractivity contribution in [1.29, 1.82) is 0 Å². The number of hydrogen-bond donors (Lipinski definition) is 2. The maximum absolute atomic E-state index is 5.71. The Kier molecular flexibility index (Phi) is 7.22. The summed E-state index contributed by atoms with van der Waals surface area (Å²) >= 11 is 0. The molecule has 1 rings (SSSR count). The Hall–Kier alpha value is -1.26. The number of hydrogen-bond acceptors (Lipinski definition) is 4. The van der Waals surface area contributed by atoms with Crippen LogP contribution in [0.5, 0.6) is 5.75 Å². The first-order chi connectivity index (χ1) is 8.72. The van der Waals surface area contributed by atoms with Crippen LogP contribution in [0.1, 0.15) is 12.8 Å². The number of rotatable bonds is 9. The van der Waals surface area contributed by atoms with Crippen molar-refractivity contribution >= 4 is 5.69 Å². The Morgan fingerprint density at radius 2 is 2.11 bits per heavy atom. The Balaban J connectivity index is 2.30. The molecule has 0 fully saturated rings. The van der Waals surface area contributed by atoms with Crippen LogP contribution in [0.2, 0.25) is 0 Å². The molecular formula is C14H25N3O. The van der Waals surface area contributed by atoms with Gasteiger partial charge in [0, 0.05) is 24.8 Å². The highest BCUT2D eigenvalue weighted by atomic mass is 16.5. The predicted molar refractivity (Wildman–Crippen MR) is 77.3 cm³/mol. The zero-order chi connectivity index (χ0) is 13.2. The van der Waals surface area contributed by atoms with E-state index in [9.17, 15) is 0 Å². The largest absolute Gasteiger partial charge is 0.493 e. The number of anilines is 1. The summed E-state index contributed by atoms with van der Waals surface area (Å²) < 4.78 is 5.71. The molecule has 18 heavy (non-hydrogen) atoms. The second kappa shape index (κ2) is 8.78. The van der Waals surface area contributed by atoms with Gasteiger partial charge in [-0.25, -0.2) is 0 Å². The third kappa shape index (κ3) is 6.47. The van der Waals surface area contributed by atoms with Crippen molar-refractivity contribution in [2.75, 3.05) is 45.7 Å². The highest BCUT2D eigenvalue weighted by molar-refractivity contribution is 5.48. The Bertz CT molecular complexity index is 329. The fourth-order valence-corrected chi connectivity index (χ4v) is 1.60. The van der Waals surface area contributed by atoms with Gasteiger partial charge in [-0.3, -0.25) is 0 Å². The molecule has 0 saturated heterocycles. The van der Waals surface area contributed by atoms with Crippen molar-refractivity contribution in [3.63, 3.8) is 0 Å². The van der Waals surface area contributed by atoms with Crippen LogP contribution < -0.4 is 15.8 Å². The number of benzene rings is 1. The third-order valence-electron chi connectivity index (χ3n) is 2.56. The molecule has 0 spiro atoms. The van der Waals surface area contributed by atoms with Crippen LogP contribution in [0.15, 0.2) is 24.3 Å². The van der Waals surface area contributed by atoms with Crippen LogP contribution in [-0.2, 0) is 0 Å². The number of ether oxygens (including phenoxy) is 1. The highest BCUT2D eigenvalue weighted by Gasteiger charge is 1.97. The first-order valence-corrected chi connectivity index (χ1v) is 6.54. The lowest BCUT2D eigenvalue weighted by Crippen LogP contribution is -2.15. The first-order valence-electron chi connectivity index (χ1n) is 6.54. The van der Waals surface area contributed by atoms with E-state index >= 15 is 0 Å². The van der Waals surface area contributed by atoms with Crippen LogP contribution in [0.25, 0.3) is 0 Å². The number of nitrogens with zero attached hydrogens (tertiary/aromatic N) is 1. The van der Waals surface area contributed by atoms with Crippen LogP contribution in [0, 0.1) is 0 Å². The Morgan fingerprint density at radius 1 is 1.28 bits per heavy atom. The van der Waals surface area contributed by atoms with Crippen molar-refractivity contribution in [3.05, 3.63) is 24.3 Å². The SMILES string of the molecule is CN(C)CCCOc1cccc(NCCCN)c1. The summed E-state index contributed by atoms with van der Waals surface area (Å²) in [4.78, 5) is 2.16. The van der Waals surface area contributed by atoms with Gasteiger partial charge in [-0.05, 0) is 45.6 Å². The van der Waals surface area contributed by atoms with Gasteiger partial charge >= 0.3 is 0 Å². The minimum Gasteiger partial charge on any atom is -0.493 e. The van der Waals surface area contributed by atoms with Gasteiger partial charge in [-0.1, -0.05) is 6.07 Å². The monoisotopic (exact) mass is 251 g/mol. The molecule has 0 unspecified atom stereocenters. The van der Waals surface area contributed by atoms with E-state index in [1.807, 2.05) is 24.3 Å². The lowest BCUT2D eigenvalue weighted by molar-refractivity contribution is 0.281. The van der Waals surface area contributed by atoms with Crippen molar-refractivity contribution in [1.82, 2.24) is 4.90 Å². The van der Waals surface area contributed by atoms with E-state index < -0.39 is 0 Å². The van der Waals surface area contributed by atoms with Crippen molar-refractivity contribution < 1.29 is 4.74 Å². The van der Waals surface area contributed by atoms with Crippen molar-refractivity contribution in [2.45, 2.75) is 12.8 Å². The summed E-state index contributed by atoms with van der Waals surface area (Å²) in [6, 6.07) is 8.07. The van der Waals surface area contributed by atoms with Gasteiger partial charge in [0.05, 0.1) is 6.61 Å². The van der Waals surface area contributed by atoms with E-state index in [-0.39, 0.29) is 0 Å². The van der Waals surface area contributed by atoms with E-state index in [0.29, 0.717) is 6.54 Å². The smallest absolute Gasteiger partial charge is 0.121 e. The fraction of sp³-hybridized carbons (Fsp3) is 0.571. The minimum absolute atomic E-state index is 0.716. The summed E-state index contributed by atoms with van der Waals surface area (Å²) in [5.74, 6) is 0.923. The zero-order valence-electron chi connectivity index (χ0n) is 11.5. The standard InChI is InChI=1S/C14H25N3O/c1-17(2)10-5-11-18-14-7-3-6-13(12-14)16-9-4-8-15/h3,6-7,12,16H,4-5,8-11,15H2,1-2H3. The normalized spacial score (nSPS) is 10.7. The molecule has 0 radical (unpaired) electrons. The molecule has 4 nitrogen and oxygen atoms in total. The Labute approximate surface area is 110 Å². The molecule has 4 heteroatoms. The summed E-state index contributed by atoms with van der Waals surface area (Å²) in [6.45, 7) is 3.42. The second-order valence-electron chi connectivity index (χ2n) is 4.60. The third-order valence-corrected chi connectivity index (χ3v) is 2.56. The molecular weight excluding hydrogens is 226 g/mol. The van der Waals surface area contributed by atoms with Crippen LogP contribution >= 0.6 is 0 Å². The van der Waals surface area contributed by atoms with Gasteiger partial charge in [-0.15, -0.1) is 0 Å². The summed E-state index contributed by atoms with van der Waals surface area (Å²) in [7, 11) is 4.14. The highest BCUT2D eigenvalue weighted by Crippen LogP contribution is 2.17. The van der Waals surface area contributed by atoms with Gasteiger partial charge in [0.25, 0.3) is 0 Å². The van der Waals surface area contributed by atoms with Gasteiger partial charge in [0.2, 0.25) is 0 Å². The molecule has 0 aliphatic rings.